The van der Waals surface area contributed by atoms with Crippen LogP contribution in [-0.2, 0) is 7.05 Å². The van der Waals surface area contributed by atoms with Crippen molar-refractivity contribution < 1.29 is 9.53 Å². The molecule has 1 aliphatic rings. The molecule has 1 aromatic carbocycles. The minimum absolute atomic E-state index is 0.121. The minimum Gasteiger partial charge on any atom is -0.497 e. The molecule has 0 spiro atoms. The molecular formula is C21H25N3O2S. The summed E-state index contributed by atoms with van der Waals surface area (Å²) >= 11 is 1.55. The van der Waals surface area contributed by atoms with Gasteiger partial charge in [-0.15, -0.1) is 11.3 Å². The monoisotopic (exact) mass is 383 g/mol. The van der Waals surface area contributed by atoms with Crippen LogP contribution in [0.5, 0.6) is 5.75 Å². The molecule has 0 radical (unpaired) electrons. The molecule has 3 heterocycles. The summed E-state index contributed by atoms with van der Waals surface area (Å²) in [6.45, 7) is 2.80. The van der Waals surface area contributed by atoms with Crippen molar-refractivity contribution in [2.45, 2.75) is 38.6 Å². The molecule has 1 amide bonds. The summed E-state index contributed by atoms with van der Waals surface area (Å²) in [5.41, 5.74) is 2.16. The molecule has 0 N–H and O–H groups in total. The quantitative estimate of drug-likeness (QED) is 0.658. The van der Waals surface area contributed by atoms with Crippen molar-refractivity contribution in [1.29, 1.82) is 0 Å². The highest BCUT2D eigenvalue weighted by atomic mass is 32.1. The molecule has 4 rings (SSSR count). The van der Waals surface area contributed by atoms with Crippen molar-refractivity contribution in [1.82, 2.24) is 14.7 Å². The summed E-state index contributed by atoms with van der Waals surface area (Å²) < 4.78 is 7.16. The summed E-state index contributed by atoms with van der Waals surface area (Å²) in [7, 11) is 3.61. The fraction of sp³-hybridized carbons (Fsp3) is 0.429. The van der Waals surface area contributed by atoms with E-state index < -0.39 is 0 Å². The number of hydrogen-bond donors (Lipinski definition) is 0. The van der Waals surface area contributed by atoms with Crippen molar-refractivity contribution in [2.24, 2.45) is 7.05 Å². The minimum atomic E-state index is 0.121. The number of hydrogen-bond acceptors (Lipinski definition) is 4. The van der Waals surface area contributed by atoms with Gasteiger partial charge in [-0.2, -0.15) is 5.10 Å². The SMILES string of the molecule is COc1ccc(C2CCCCCN2C(=O)c2cc3c(C)nn(C)c3s2)cc1. The standard InChI is InChI=1S/C21H25N3O2S/c1-14-17-13-19(27-21(17)23(2)22-14)20(25)24-12-6-4-5-7-18(24)15-8-10-16(26-3)11-9-15/h8-11,13,18H,4-7,12H2,1-3H3. The number of aromatic nitrogens is 2. The van der Waals surface area contributed by atoms with Crippen LogP contribution >= 0.6 is 11.3 Å². The van der Waals surface area contributed by atoms with Crippen molar-refractivity contribution in [2.75, 3.05) is 13.7 Å². The van der Waals surface area contributed by atoms with Gasteiger partial charge in [0, 0.05) is 19.0 Å². The Morgan fingerprint density at radius 1 is 1.22 bits per heavy atom. The van der Waals surface area contributed by atoms with E-state index in [9.17, 15) is 4.79 Å². The van der Waals surface area contributed by atoms with Gasteiger partial charge in [0.2, 0.25) is 0 Å². The van der Waals surface area contributed by atoms with Crippen LogP contribution in [0.2, 0.25) is 0 Å². The topological polar surface area (TPSA) is 47.4 Å². The van der Waals surface area contributed by atoms with Gasteiger partial charge in [0.25, 0.3) is 5.91 Å². The third-order valence-corrected chi connectivity index (χ3v) is 6.61. The molecule has 27 heavy (non-hydrogen) atoms. The van der Waals surface area contributed by atoms with Gasteiger partial charge < -0.3 is 9.64 Å². The van der Waals surface area contributed by atoms with Gasteiger partial charge in [-0.25, -0.2) is 0 Å². The summed E-state index contributed by atoms with van der Waals surface area (Å²) in [6, 6.07) is 10.3. The van der Waals surface area contributed by atoms with Crippen LogP contribution in [0.15, 0.2) is 30.3 Å². The maximum atomic E-state index is 13.4. The first-order valence-corrected chi connectivity index (χ1v) is 10.3. The summed E-state index contributed by atoms with van der Waals surface area (Å²) in [5.74, 6) is 0.982. The largest absolute Gasteiger partial charge is 0.497 e. The molecule has 0 saturated carbocycles. The average molecular weight is 384 g/mol. The Balaban J connectivity index is 1.68. The second kappa shape index (κ2) is 7.35. The number of carbonyl (C=O) groups excluding carboxylic acids is 1. The van der Waals surface area contributed by atoms with Gasteiger partial charge in [-0.1, -0.05) is 25.0 Å². The zero-order chi connectivity index (χ0) is 19.0. The first-order chi connectivity index (χ1) is 13.1. The Morgan fingerprint density at radius 3 is 2.70 bits per heavy atom. The summed E-state index contributed by atoms with van der Waals surface area (Å²) in [5, 5.41) is 5.53. The van der Waals surface area contributed by atoms with E-state index in [1.807, 2.05) is 36.9 Å². The second-order valence-electron chi connectivity index (χ2n) is 7.18. The van der Waals surface area contributed by atoms with Crippen LogP contribution in [-0.4, -0.2) is 34.2 Å². The number of benzene rings is 1. The van der Waals surface area contributed by atoms with Gasteiger partial charge in [0.15, 0.2) is 0 Å². The molecule has 1 saturated heterocycles. The van der Waals surface area contributed by atoms with E-state index in [0.29, 0.717) is 0 Å². The van der Waals surface area contributed by atoms with E-state index in [0.717, 1.165) is 52.3 Å². The Hall–Kier alpha value is -2.34. The number of methoxy groups -OCH3 is 1. The maximum Gasteiger partial charge on any atom is 0.264 e. The van der Waals surface area contributed by atoms with E-state index in [1.54, 1.807) is 18.4 Å². The lowest BCUT2D eigenvalue weighted by molar-refractivity contribution is 0.0686. The van der Waals surface area contributed by atoms with E-state index in [-0.39, 0.29) is 11.9 Å². The van der Waals surface area contributed by atoms with Gasteiger partial charge in [-0.05, 0) is 43.5 Å². The molecule has 1 atom stereocenters. The van der Waals surface area contributed by atoms with E-state index >= 15 is 0 Å². The van der Waals surface area contributed by atoms with Crippen molar-refractivity contribution >= 4 is 27.5 Å². The fourth-order valence-electron chi connectivity index (χ4n) is 3.98. The molecule has 2 aromatic heterocycles. The molecule has 142 valence electrons. The maximum absolute atomic E-state index is 13.4. The molecule has 0 aliphatic carbocycles. The number of ether oxygens (including phenoxy) is 1. The van der Waals surface area contributed by atoms with Crippen LogP contribution in [0.25, 0.3) is 10.2 Å². The van der Waals surface area contributed by atoms with E-state index in [2.05, 4.69) is 22.1 Å². The Kier molecular flexibility index (Phi) is 4.91. The number of carbonyl (C=O) groups is 1. The first kappa shape index (κ1) is 18.0. The van der Waals surface area contributed by atoms with Crippen LogP contribution < -0.4 is 4.74 Å². The van der Waals surface area contributed by atoms with Crippen LogP contribution in [0.3, 0.4) is 0 Å². The van der Waals surface area contributed by atoms with Crippen LogP contribution in [0, 0.1) is 6.92 Å². The normalized spacial score (nSPS) is 17.9. The summed E-state index contributed by atoms with van der Waals surface area (Å²) in [4.78, 5) is 17.4. The summed E-state index contributed by atoms with van der Waals surface area (Å²) in [6.07, 6.45) is 4.38. The van der Waals surface area contributed by atoms with Crippen molar-refractivity contribution in [3.05, 3.63) is 46.5 Å². The first-order valence-electron chi connectivity index (χ1n) is 9.46. The van der Waals surface area contributed by atoms with Gasteiger partial charge >= 0.3 is 0 Å². The van der Waals surface area contributed by atoms with E-state index in [4.69, 9.17) is 4.74 Å². The van der Waals surface area contributed by atoms with Gasteiger partial charge in [0.05, 0.1) is 23.7 Å². The predicted octanol–water partition coefficient (Wildman–Crippen LogP) is 4.71. The molecule has 5 nitrogen and oxygen atoms in total. The number of aryl methyl sites for hydroxylation is 2. The molecular weight excluding hydrogens is 358 g/mol. The average Bonchev–Trinajstić information content (AvgIpc) is 3.13. The lowest BCUT2D eigenvalue weighted by atomic mass is 10.0. The highest BCUT2D eigenvalue weighted by Gasteiger charge is 2.29. The predicted molar refractivity (Wildman–Crippen MR) is 109 cm³/mol. The molecule has 1 aliphatic heterocycles. The zero-order valence-corrected chi connectivity index (χ0v) is 16.9. The third-order valence-electron chi connectivity index (χ3n) is 5.42. The third kappa shape index (κ3) is 3.34. The van der Waals surface area contributed by atoms with Gasteiger partial charge in [-0.3, -0.25) is 9.48 Å². The number of thiophene rings is 1. The van der Waals surface area contributed by atoms with E-state index in [1.165, 1.54) is 12.0 Å². The number of likely N-dealkylation sites (tertiary alicyclic amines) is 1. The lowest BCUT2D eigenvalue weighted by Crippen LogP contribution is -2.34. The molecule has 0 bridgehead atoms. The highest BCUT2D eigenvalue weighted by molar-refractivity contribution is 7.20. The number of fused-ring (bicyclic) bond motifs is 1. The molecule has 3 aromatic rings. The zero-order valence-electron chi connectivity index (χ0n) is 16.1. The Labute approximate surface area is 163 Å². The lowest BCUT2D eigenvalue weighted by Gasteiger charge is -2.30. The Morgan fingerprint density at radius 2 is 2.00 bits per heavy atom. The second-order valence-corrected chi connectivity index (χ2v) is 8.21. The number of nitrogens with zero attached hydrogens (tertiary/aromatic N) is 3. The van der Waals surface area contributed by atoms with Crippen molar-refractivity contribution in [3.8, 4) is 5.75 Å². The van der Waals surface area contributed by atoms with Crippen molar-refractivity contribution in [3.63, 3.8) is 0 Å². The fourth-order valence-corrected chi connectivity index (χ4v) is 5.06. The van der Waals surface area contributed by atoms with Gasteiger partial charge in [0.1, 0.15) is 10.6 Å². The van der Waals surface area contributed by atoms with Crippen LogP contribution in [0.4, 0.5) is 0 Å². The number of rotatable bonds is 3. The smallest absolute Gasteiger partial charge is 0.264 e. The Bertz CT molecular complexity index is 923. The molecule has 1 fully saturated rings. The molecule has 1 unspecified atom stereocenters. The molecule has 6 heteroatoms. The number of amides is 1. The highest BCUT2D eigenvalue weighted by Crippen LogP contribution is 2.35. The van der Waals surface area contributed by atoms with Crippen LogP contribution in [0.1, 0.15) is 52.7 Å².